The molecule has 29 heteroatoms. The van der Waals surface area contributed by atoms with Crippen LogP contribution < -0.4 is 20.5 Å². The number of nitrogens with two attached hydrogens (primary N) is 1. The molecule has 0 radical (unpaired) electrons. The zero-order valence-electron chi connectivity index (χ0n) is 60.6. The Morgan fingerprint density at radius 3 is 1.08 bits per heavy atom. The zero-order chi connectivity index (χ0) is 78.0. The quantitative estimate of drug-likeness (QED) is 0.0227. The fourth-order valence-electron chi connectivity index (χ4n) is 5.95. The highest BCUT2D eigenvalue weighted by molar-refractivity contribution is 8.26. The van der Waals surface area contributed by atoms with Crippen molar-refractivity contribution in [2.75, 3.05) is 163 Å². The van der Waals surface area contributed by atoms with E-state index in [9.17, 15) is 14.4 Å². The van der Waals surface area contributed by atoms with E-state index in [1.165, 1.54) is 19.6 Å². The number of carbonyl (C=O) groups is 3. The van der Waals surface area contributed by atoms with Gasteiger partial charge in [0.15, 0.2) is 5.58 Å². The molecule has 566 valence electrons. The summed E-state index contributed by atoms with van der Waals surface area (Å²) in [5.74, 6) is 1.04. The number of carbonyl (C=O) groups excluding carboxylic acids is 2. The maximum Gasteiger partial charge on any atom is 0.335 e. The van der Waals surface area contributed by atoms with Gasteiger partial charge in [-0.1, -0.05) is 142 Å². The number of hydrogen-bond acceptors (Lipinski definition) is 21. The van der Waals surface area contributed by atoms with Crippen LogP contribution in [0.4, 0.5) is 11.4 Å². The summed E-state index contributed by atoms with van der Waals surface area (Å²) in [6.45, 7) is 11.3. The van der Waals surface area contributed by atoms with Crippen LogP contribution in [0.1, 0.15) is 51.8 Å². The number of methoxy groups -OCH3 is 10. The molecule has 0 unspecified atom stereocenters. The van der Waals surface area contributed by atoms with Gasteiger partial charge in [-0.3, -0.25) is 9.59 Å². The summed E-state index contributed by atoms with van der Waals surface area (Å²) in [7, 11) is 29.6. The van der Waals surface area contributed by atoms with Crippen molar-refractivity contribution in [3.63, 3.8) is 0 Å². The number of aliphatic hydroxyl groups is 3. The molecule has 0 spiro atoms. The first-order valence-electron chi connectivity index (χ1n) is 29.3. The number of aliphatic hydroxyl groups excluding tert-OH is 3. The predicted octanol–water partition coefficient (Wildman–Crippen LogP) is 15.0. The van der Waals surface area contributed by atoms with E-state index in [1.54, 1.807) is 170 Å². The Hall–Kier alpha value is -6.86. The molecule has 100 heavy (non-hydrogen) atoms. The minimum Gasteiger partial charge on any atom is -0.495 e. The zero-order valence-corrected chi connectivity index (χ0v) is 65.2. The number of alkyl halides is 2. The molecule has 1 amide bonds. The van der Waals surface area contributed by atoms with Crippen molar-refractivity contribution in [1.82, 2.24) is 9.88 Å². The Kier molecular flexibility index (Phi) is 96.2. The molecule has 7 N–H and O–H groups in total. The van der Waals surface area contributed by atoms with E-state index in [-0.39, 0.29) is 11.2 Å². The number of oxazole rings is 1. The topological polar surface area (TPSA) is 309 Å². The summed E-state index contributed by atoms with van der Waals surface area (Å²) < 4.78 is 60.1. The Morgan fingerprint density at radius 1 is 0.490 bits per heavy atom. The summed E-state index contributed by atoms with van der Waals surface area (Å²) in [5, 5.41) is 32.0. The SMILES string of the molecule is CCN(CC)CC.CO.CO.CO.COC.COC.COCOC.COCOC.COCOC.COc1ccccc1N.COc1ccccc1NC(=O)c1ccccc1.ClCCl.O=C(Cl)c1ccccc1.O=C(O)c1ccccc1.O=S(Cl)Cl.c1ccc(-c2nc3ccccc3o2)cc1. The maximum atomic E-state index is 11.9. The number of nitrogen functional groups attached to an aromatic ring is 1. The molecular weight excluding hydrogens is 1420 g/mol. The standard InChI is InChI=1S/C14H13NO2.C13H9NO.C7H5ClO.C7H9NO.C7H6O2.C6H15N.3C3H8O2.2C2H6O.CH2Cl2.3CH4O.Cl2OS/c1-17-13-10-6-5-9-12(13)15-14(16)11-7-3-2-4-8-11;1-2-6-10(7-3-1)13-14-11-8-4-5-9-12(11)15-13;8-7(9)6-4-2-1-3-5-6;1-9-7-5-3-2-4-6(7)8;8-7(9)6-4-2-1-3-5-6;1-4-7(5-2)6-3;3*1-4-3-5-2;2*1-3-2;2-1-3;3*1-2;1-4(2)3/h2-10H,1H3,(H,15,16);1-9H;1-5H;2-5H,8H2,1H3;1-5H,(H,8,9);4-6H2,1-3H3;3*3H2,1-2H3;2*1-2H3;1H2;3*2H,1H3;. The number of fused-ring (bicyclic) bond motifs is 1. The summed E-state index contributed by atoms with van der Waals surface area (Å²) in [5.41, 5.74) is 11.1. The van der Waals surface area contributed by atoms with Gasteiger partial charge in [-0.05, 0) is 104 Å². The number of ether oxygens (including phenoxy) is 10. The number of benzene rings is 7. The average Bonchev–Trinajstić information content (AvgIpc) is 1.67. The predicted molar refractivity (Wildman–Crippen MR) is 411 cm³/mol. The minimum atomic E-state index is -1.67. The fourth-order valence-corrected chi connectivity index (χ4v) is 6.08. The molecule has 0 saturated carbocycles. The summed E-state index contributed by atoms with van der Waals surface area (Å²) in [6.07, 6.45) is 0. The van der Waals surface area contributed by atoms with Gasteiger partial charge in [0, 0.05) is 130 Å². The van der Waals surface area contributed by atoms with Crippen LogP contribution >= 0.6 is 56.2 Å². The van der Waals surface area contributed by atoms with Crippen LogP contribution in [0.3, 0.4) is 0 Å². The van der Waals surface area contributed by atoms with Crippen molar-refractivity contribution < 1.29 is 90.8 Å². The highest BCUT2D eigenvalue weighted by Crippen LogP contribution is 2.25. The van der Waals surface area contributed by atoms with Gasteiger partial charge >= 0.3 is 5.97 Å². The van der Waals surface area contributed by atoms with E-state index < -0.39 is 20.4 Å². The number of carboxylic acids is 1. The van der Waals surface area contributed by atoms with Crippen LogP contribution in [0.2, 0.25) is 0 Å². The van der Waals surface area contributed by atoms with Gasteiger partial charge < -0.3 is 88.2 Å². The largest absolute Gasteiger partial charge is 0.495 e. The van der Waals surface area contributed by atoms with Crippen LogP contribution in [0, 0.1) is 0 Å². The molecule has 0 aliphatic heterocycles. The van der Waals surface area contributed by atoms with Gasteiger partial charge in [0.1, 0.15) is 37.4 Å². The van der Waals surface area contributed by atoms with Crippen molar-refractivity contribution >= 4 is 105 Å². The van der Waals surface area contributed by atoms with Gasteiger partial charge in [0.2, 0.25) is 15.1 Å². The average molecular weight is 1530 g/mol. The van der Waals surface area contributed by atoms with Crippen molar-refractivity contribution in [3.05, 3.63) is 211 Å². The Labute approximate surface area is 619 Å². The van der Waals surface area contributed by atoms with Crippen LogP contribution in [-0.2, 0) is 47.1 Å². The molecule has 0 fully saturated rings. The minimum absolute atomic E-state index is 0.143. The van der Waals surface area contributed by atoms with E-state index in [0.29, 0.717) is 60.1 Å². The lowest BCUT2D eigenvalue weighted by atomic mass is 10.2. The van der Waals surface area contributed by atoms with E-state index in [1.807, 2.05) is 109 Å². The number of aromatic carboxylic acids is 1. The van der Waals surface area contributed by atoms with Gasteiger partial charge in [0.05, 0.1) is 36.5 Å². The second kappa shape index (κ2) is 88.2. The first kappa shape index (κ1) is 109. The third kappa shape index (κ3) is 71.0. The van der Waals surface area contributed by atoms with Crippen LogP contribution in [0.25, 0.3) is 22.6 Å². The summed E-state index contributed by atoms with van der Waals surface area (Å²) in [6, 6.07) is 58.5. The molecular formula is C71H107Cl5N4O19S. The van der Waals surface area contributed by atoms with Gasteiger partial charge in [-0.15, -0.1) is 23.2 Å². The first-order chi connectivity index (χ1) is 48.3. The molecule has 1 aromatic heterocycles. The number of aromatic nitrogens is 1. The third-order valence-electron chi connectivity index (χ3n) is 9.91. The molecule has 0 saturated heterocycles. The number of para-hydroxylation sites is 6. The van der Waals surface area contributed by atoms with Crippen molar-refractivity contribution in [2.45, 2.75) is 20.8 Å². The van der Waals surface area contributed by atoms with Gasteiger partial charge in [0.25, 0.3) is 11.1 Å². The second-order valence-electron chi connectivity index (χ2n) is 16.7. The maximum absolute atomic E-state index is 11.9. The lowest BCUT2D eigenvalue weighted by Gasteiger charge is -2.13. The second-order valence-corrected chi connectivity index (χ2v) is 20.4. The molecule has 1 heterocycles. The van der Waals surface area contributed by atoms with Crippen LogP contribution in [0.15, 0.2) is 199 Å². The highest BCUT2D eigenvalue weighted by Gasteiger charge is 2.09. The monoisotopic (exact) mass is 1530 g/mol. The number of anilines is 2. The Morgan fingerprint density at radius 2 is 0.800 bits per heavy atom. The molecule has 23 nitrogen and oxygen atoms in total. The molecule has 0 aliphatic rings. The van der Waals surface area contributed by atoms with Crippen molar-refractivity contribution in [1.29, 1.82) is 0 Å². The molecule has 7 aromatic carbocycles. The number of nitrogens with zero attached hydrogens (tertiary/aromatic N) is 2. The molecule has 8 rings (SSSR count). The molecule has 0 bridgehead atoms. The third-order valence-corrected chi connectivity index (χ3v) is 10.1. The summed E-state index contributed by atoms with van der Waals surface area (Å²) >= 11 is 14.7. The number of carboxylic acid groups (broad SMARTS) is 1. The Bertz CT molecular complexity index is 2860. The number of nitrogens with one attached hydrogen (secondary N) is 1. The fraction of sp³-hybridized carbons (Fsp3) is 0.352. The van der Waals surface area contributed by atoms with Gasteiger partial charge in [-0.2, -0.15) is 0 Å². The molecule has 8 aromatic rings. The van der Waals surface area contributed by atoms with Crippen LogP contribution in [0.5, 0.6) is 11.5 Å². The smallest absolute Gasteiger partial charge is 0.335 e. The number of rotatable bonds is 16. The number of hydrogen-bond donors (Lipinski definition) is 6. The number of halogens is 5. The van der Waals surface area contributed by atoms with E-state index in [0.717, 1.165) is 43.7 Å². The van der Waals surface area contributed by atoms with Crippen molar-refractivity contribution in [2.24, 2.45) is 0 Å². The molecule has 0 aliphatic carbocycles. The van der Waals surface area contributed by atoms with E-state index in [4.69, 9.17) is 79.1 Å². The van der Waals surface area contributed by atoms with E-state index in [2.05, 4.69) is 95.2 Å². The van der Waals surface area contributed by atoms with Crippen molar-refractivity contribution in [3.8, 4) is 23.0 Å². The number of amides is 1. The highest BCUT2D eigenvalue weighted by atomic mass is 36.0. The van der Waals surface area contributed by atoms with Gasteiger partial charge in [-0.25, -0.2) is 14.0 Å². The molecule has 0 atom stereocenters. The van der Waals surface area contributed by atoms with Crippen LogP contribution in [-0.4, -0.2) is 204 Å². The Balaban J connectivity index is -0.000000158. The normalized spacial score (nSPS) is 8.72. The lowest BCUT2D eigenvalue weighted by Crippen LogP contribution is -2.21. The van der Waals surface area contributed by atoms with E-state index >= 15 is 0 Å². The summed E-state index contributed by atoms with van der Waals surface area (Å²) in [4.78, 5) is 39.3. The first-order valence-corrected chi connectivity index (χ1v) is 33.5. The lowest BCUT2D eigenvalue weighted by molar-refractivity contribution is -0.00282.